The monoisotopic (exact) mass is 244 g/mol. The first kappa shape index (κ1) is 16.7. The second kappa shape index (κ2) is 9.70. The van der Waals surface area contributed by atoms with Crippen molar-refractivity contribution in [2.24, 2.45) is 0 Å². The van der Waals surface area contributed by atoms with E-state index in [1.807, 2.05) is 33.8 Å². The van der Waals surface area contributed by atoms with Gasteiger partial charge in [-0.2, -0.15) is 0 Å². The fourth-order valence-electron chi connectivity index (χ4n) is 2.04. The summed E-state index contributed by atoms with van der Waals surface area (Å²) in [5, 5.41) is 0. The third-order valence-corrected chi connectivity index (χ3v) is 2.88. The molecule has 1 aromatic carbocycles. The van der Waals surface area contributed by atoms with Crippen LogP contribution in [0.2, 0.25) is 0 Å². The average molecular weight is 244 g/mol. The fraction of sp³-hybridized carbons (Fsp3) is 0.444. The number of hydrogen-bond acceptors (Lipinski definition) is 0. The summed E-state index contributed by atoms with van der Waals surface area (Å²) >= 11 is 0. The van der Waals surface area contributed by atoms with E-state index in [2.05, 4.69) is 37.8 Å². The van der Waals surface area contributed by atoms with Crippen LogP contribution in [0.5, 0.6) is 0 Å². The Morgan fingerprint density at radius 3 is 2.39 bits per heavy atom. The zero-order chi connectivity index (χ0) is 14.0. The largest absolute Gasteiger partial charge is 0.0985 e. The van der Waals surface area contributed by atoms with Gasteiger partial charge in [0.25, 0.3) is 0 Å². The number of benzene rings is 1. The lowest BCUT2D eigenvalue weighted by molar-refractivity contribution is 0.978. The van der Waals surface area contributed by atoms with Gasteiger partial charge >= 0.3 is 0 Å². The van der Waals surface area contributed by atoms with Crippen molar-refractivity contribution in [2.75, 3.05) is 0 Å². The zero-order valence-corrected chi connectivity index (χ0v) is 12.7. The van der Waals surface area contributed by atoms with Gasteiger partial charge in [0, 0.05) is 0 Å². The molecule has 0 bridgehead atoms. The van der Waals surface area contributed by atoms with Gasteiger partial charge < -0.3 is 0 Å². The maximum atomic E-state index is 3.87. The van der Waals surface area contributed by atoms with Crippen molar-refractivity contribution in [2.45, 2.75) is 53.9 Å². The number of rotatable bonds is 2. The Bertz CT molecular complexity index is 383. The molecule has 0 spiro atoms. The molecule has 0 amide bonds. The Morgan fingerprint density at radius 1 is 1.17 bits per heavy atom. The van der Waals surface area contributed by atoms with E-state index in [9.17, 15) is 0 Å². The predicted octanol–water partition coefficient (Wildman–Crippen LogP) is 5.90. The van der Waals surface area contributed by atoms with Crippen LogP contribution < -0.4 is 0 Å². The van der Waals surface area contributed by atoms with E-state index >= 15 is 0 Å². The third kappa shape index (κ3) is 4.18. The minimum Gasteiger partial charge on any atom is -0.0985 e. The van der Waals surface area contributed by atoms with E-state index in [-0.39, 0.29) is 0 Å². The highest BCUT2D eigenvalue weighted by molar-refractivity contribution is 5.63. The van der Waals surface area contributed by atoms with Crippen LogP contribution in [0.25, 0.3) is 12.2 Å². The molecule has 1 aliphatic carbocycles. The van der Waals surface area contributed by atoms with Crippen molar-refractivity contribution < 1.29 is 0 Å². The molecule has 18 heavy (non-hydrogen) atoms. The highest BCUT2D eigenvalue weighted by Crippen LogP contribution is 2.24. The number of hydrogen-bond donors (Lipinski definition) is 0. The van der Waals surface area contributed by atoms with Crippen molar-refractivity contribution in [3.8, 4) is 0 Å². The highest BCUT2D eigenvalue weighted by Gasteiger charge is 2.07. The molecule has 1 aliphatic rings. The lowest BCUT2D eigenvalue weighted by Gasteiger charge is -2.14. The Morgan fingerprint density at radius 2 is 1.83 bits per heavy atom. The Labute approximate surface area is 113 Å². The molecule has 100 valence electrons. The quantitative estimate of drug-likeness (QED) is 0.607. The SMILES string of the molecule is C=Cc1cc2c(cc1CC)C=CCC2.CC.CC. The molecule has 1 aromatic rings. The lowest BCUT2D eigenvalue weighted by Crippen LogP contribution is -1.98. The van der Waals surface area contributed by atoms with Gasteiger partial charge in [0.05, 0.1) is 0 Å². The van der Waals surface area contributed by atoms with E-state index < -0.39 is 0 Å². The molecule has 0 heteroatoms. The second-order valence-corrected chi connectivity index (χ2v) is 3.75. The van der Waals surface area contributed by atoms with Gasteiger partial charge in [-0.3, -0.25) is 0 Å². The third-order valence-electron chi connectivity index (χ3n) is 2.88. The molecule has 0 N–H and O–H groups in total. The molecule has 0 aromatic heterocycles. The number of allylic oxidation sites excluding steroid dienone is 1. The van der Waals surface area contributed by atoms with Crippen molar-refractivity contribution >= 4 is 12.2 Å². The summed E-state index contributed by atoms with van der Waals surface area (Å²) in [6.45, 7) is 14.1. The van der Waals surface area contributed by atoms with Gasteiger partial charge in [-0.15, -0.1) is 0 Å². The highest BCUT2D eigenvalue weighted by atomic mass is 14.1. The smallest absolute Gasteiger partial charge is 0.0224 e. The lowest BCUT2D eigenvalue weighted by atomic mass is 9.91. The van der Waals surface area contributed by atoms with Crippen LogP contribution in [-0.2, 0) is 12.8 Å². The molecular weight excluding hydrogens is 216 g/mol. The predicted molar refractivity (Wildman–Crippen MR) is 86.0 cm³/mol. The van der Waals surface area contributed by atoms with E-state index in [0.717, 1.165) is 6.42 Å². The summed E-state index contributed by atoms with van der Waals surface area (Å²) in [7, 11) is 0. The Hall–Kier alpha value is -1.30. The maximum Gasteiger partial charge on any atom is -0.0224 e. The van der Waals surface area contributed by atoms with E-state index in [1.165, 1.54) is 35.1 Å². The van der Waals surface area contributed by atoms with Gasteiger partial charge in [0.1, 0.15) is 0 Å². The summed E-state index contributed by atoms with van der Waals surface area (Å²) in [5.41, 5.74) is 5.59. The van der Waals surface area contributed by atoms with Gasteiger partial charge in [-0.1, -0.05) is 71.6 Å². The summed E-state index contributed by atoms with van der Waals surface area (Å²) < 4.78 is 0. The van der Waals surface area contributed by atoms with Gasteiger partial charge in [-0.25, -0.2) is 0 Å². The van der Waals surface area contributed by atoms with Crippen LogP contribution in [0.1, 0.15) is 63.3 Å². The van der Waals surface area contributed by atoms with Crippen molar-refractivity contribution in [3.05, 3.63) is 47.0 Å². The standard InChI is InChI=1S/C14H16.2C2H6/c1-3-11-9-13-7-5-6-8-14(13)10-12(11)4-2;2*1-2/h3,6,8-10H,1,4-5,7H2,2H3;2*1-2H3. The molecule has 2 rings (SSSR count). The van der Waals surface area contributed by atoms with E-state index in [0.29, 0.717) is 0 Å². The van der Waals surface area contributed by atoms with Gasteiger partial charge in [0.2, 0.25) is 0 Å². The number of fused-ring (bicyclic) bond motifs is 1. The molecule has 0 heterocycles. The van der Waals surface area contributed by atoms with Crippen LogP contribution >= 0.6 is 0 Å². The molecule has 0 unspecified atom stereocenters. The summed E-state index contributed by atoms with van der Waals surface area (Å²) in [5.74, 6) is 0. The van der Waals surface area contributed by atoms with E-state index in [4.69, 9.17) is 0 Å². The summed E-state index contributed by atoms with van der Waals surface area (Å²) in [6, 6.07) is 4.60. The van der Waals surface area contributed by atoms with E-state index in [1.54, 1.807) is 0 Å². The van der Waals surface area contributed by atoms with Crippen LogP contribution in [0, 0.1) is 0 Å². The second-order valence-electron chi connectivity index (χ2n) is 3.75. The van der Waals surface area contributed by atoms with Crippen molar-refractivity contribution in [1.29, 1.82) is 0 Å². The Balaban J connectivity index is 0.000000659. The zero-order valence-electron chi connectivity index (χ0n) is 12.7. The molecule has 0 radical (unpaired) electrons. The average Bonchev–Trinajstić information content (AvgIpc) is 2.49. The van der Waals surface area contributed by atoms with Gasteiger partial charge in [-0.05, 0) is 41.5 Å². The topological polar surface area (TPSA) is 0 Å². The molecule has 0 aliphatic heterocycles. The maximum absolute atomic E-state index is 3.87. The normalized spacial score (nSPS) is 11.4. The molecule has 0 nitrogen and oxygen atoms in total. The van der Waals surface area contributed by atoms with Crippen LogP contribution in [0.4, 0.5) is 0 Å². The first-order valence-corrected chi connectivity index (χ1v) is 7.30. The molecule has 0 saturated heterocycles. The van der Waals surface area contributed by atoms with Crippen LogP contribution in [0.15, 0.2) is 24.8 Å². The minimum atomic E-state index is 1.09. The van der Waals surface area contributed by atoms with Crippen LogP contribution in [-0.4, -0.2) is 0 Å². The summed E-state index contributed by atoms with van der Waals surface area (Å²) in [6.07, 6.45) is 9.91. The number of aryl methyl sites for hydroxylation is 2. The van der Waals surface area contributed by atoms with Crippen LogP contribution in [0.3, 0.4) is 0 Å². The molecule has 0 fully saturated rings. The molecule has 0 atom stereocenters. The van der Waals surface area contributed by atoms with Gasteiger partial charge in [0.15, 0.2) is 0 Å². The Kier molecular flexibility index (Phi) is 9.00. The van der Waals surface area contributed by atoms with Crippen molar-refractivity contribution in [1.82, 2.24) is 0 Å². The molecule has 0 saturated carbocycles. The first-order valence-electron chi connectivity index (χ1n) is 7.30. The molecular formula is C18H28. The minimum absolute atomic E-state index is 1.09. The summed E-state index contributed by atoms with van der Waals surface area (Å²) in [4.78, 5) is 0. The first-order chi connectivity index (χ1) is 8.85. The van der Waals surface area contributed by atoms with Crippen molar-refractivity contribution in [3.63, 3.8) is 0 Å². The fourth-order valence-corrected chi connectivity index (χ4v) is 2.04.